The van der Waals surface area contributed by atoms with E-state index in [-0.39, 0.29) is 23.8 Å². The maximum absolute atomic E-state index is 14.3. The third kappa shape index (κ3) is 4.95. The Balaban J connectivity index is 1.05. The Morgan fingerprint density at radius 3 is 2.81 bits per heavy atom. The quantitative estimate of drug-likeness (QED) is 0.335. The van der Waals surface area contributed by atoms with Crippen molar-refractivity contribution < 1.29 is 23.8 Å². The van der Waals surface area contributed by atoms with Crippen LogP contribution >= 0.6 is 0 Å². The maximum Gasteiger partial charge on any atom is 0.335 e. The van der Waals surface area contributed by atoms with E-state index in [9.17, 15) is 14.3 Å². The average molecular weight is 568 g/mol. The summed E-state index contributed by atoms with van der Waals surface area (Å²) >= 11 is 0. The third-order valence-electron chi connectivity index (χ3n) is 8.58. The molecule has 2 saturated heterocycles. The van der Waals surface area contributed by atoms with Crippen molar-refractivity contribution in [2.45, 2.75) is 44.7 Å². The minimum absolute atomic E-state index is 0.0917. The molecular weight excluding hydrogens is 537 g/mol. The highest BCUT2D eigenvalue weighted by Crippen LogP contribution is 2.37. The van der Waals surface area contributed by atoms with Crippen molar-refractivity contribution >= 4 is 22.7 Å². The van der Waals surface area contributed by atoms with Crippen LogP contribution in [0.5, 0.6) is 5.75 Å². The number of aromatic nitrogens is 2. The molecule has 3 aliphatic rings. The van der Waals surface area contributed by atoms with Crippen LogP contribution in [0.3, 0.4) is 0 Å². The number of fused-ring (bicyclic) bond motifs is 4. The first-order chi connectivity index (χ1) is 20.4. The fourth-order valence-electron chi connectivity index (χ4n) is 6.24. The Labute approximate surface area is 242 Å². The molecule has 10 heteroatoms. The van der Waals surface area contributed by atoms with Gasteiger partial charge < -0.3 is 24.0 Å². The largest absolute Gasteiger partial charge is 0.489 e. The summed E-state index contributed by atoms with van der Waals surface area (Å²) in [6, 6.07) is 17.9. The predicted molar refractivity (Wildman–Crippen MR) is 153 cm³/mol. The van der Waals surface area contributed by atoms with Crippen LogP contribution in [0.4, 0.5) is 10.1 Å². The number of anilines is 1. The SMILES string of the molecule is N#Cc1ccc(COc2ccc3c(c2)N2CCN(Cc4nc5ccc(C(=O)O)cc5n4C[C@@H]4CCO4)CC2C3)c(F)c1. The van der Waals surface area contributed by atoms with Gasteiger partial charge in [0.1, 0.15) is 24.0 Å². The van der Waals surface area contributed by atoms with E-state index in [4.69, 9.17) is 19.7 Å². The number of ether oxygens (including phenoxy) is 2. The molecule has 7 rings (SSSR count). The number of hydrogen-bond acceptors (Lipinski definition) is 7. The van der Waals surface area contributed by atoms with E-state index >= 15 is 0 Å². The Morgan fingerprint density at radius 2 is 2.05 bits per heavy atom. The molecule has 9 nitrogen and oxygen atoms in total. The van der Waals surface area contributed by atoms with Crippen LogP contribution in [0.1, 0.15) is 39.3 Å². The molecular formula is C32H30FN5O4. The number of nitrogens with zero attached hydrogens (tertiary/aromatic N) is 5. The molecule has 3 aromatic carbocycles. The number of imidazole rings is 1. The van der Waals surface area contributed by atoms with Crippen molar-refractivity contribution in [2.75, 3.05) is 31.1 Å². The van der Waals surface area contributed by atoms with Gasteiger partial charge in [0.25, 0.3) is 0 Å². The average Bonchev–Trinajstić information content (AvgIpc) is 3.50. The first-order valence-corrected chi connectivity index (χ1v) is 14.2. The van der Waals surface area contributed by atoms with Crippen LogP contribution in [0.25, 0.3) is 11.0 Å². The van der Waals surface area contributed by atoms with Gasteiger partial charge in [0, 0.05) is 49.6 Å². The van der Waals surface area contributed by atoms with Crippen LogP contribution in [-0.4, -0.2) is 63.9 Å². The molecule has 1 aromatic heterocycles. The van der Waals surface area contributed by atoms with E-state index in [2.05, 4.69) is 20.4 Å². The van der Waals surface area contributed by atoms with E-state index in [0.717, 1.165) is 61.6 Å². The number of carboxylic acid groups (broad SMARTS) is 1. The molecule has 0 radical (unpaired) electrons. The number of aromatic carboxylic acids is 1. The predicted octanol–water partition coefficient (Wildman–Crippen LogP) is 4.36. The van der Waals surface area contributed by atoms with Gasteiger partial charge in [-0.15, -0.1) is 0 Å². The fraction of sp³-hybridized carbons (Fsp3) is 0.344. The van der Waals surface area contributed by atoms with Gasteiger partial charge in [0.05, 0.1) is 47.4 Å². The van der Waals surface area contributed by atoms with Crippen LogP contribution in [0.2, 0.25) is 0 Å². The first kappa shape index (κ1) is 26.4. The highest BCUT2D eigenvalue weighted by Gasteiger charge is 2.35. The summed E-state index contributed by atoms with van der Waals surface area (Å²) in [6.07, 6.45) is 2.05. The van der Waals surface area contributed by atoms with E-state index in [1.54, 1.807) is 30.3 Å². The summed E-state index contributed by atoms with van der Waals surface area (Å²) < 4.78 is 28.1. The zero-order chi connectivity index (χ0) is 28.8. The van der Waals surface area contributed by atoms with Gasteiger partial charge in [-0.1, -0.05) is 12.1 Å². The molecule has 42 heavy (non-hydrogen) atoms. The Kier molecular flexibility index (Phi) is 6.76. The molecule has 0 aliphatic carbocycles. The van der Waals surface area contributed by atoms with Gasteiger partial charge in [-0.05, 0) is 54.8 Å². The maximum atomic E-state index is 14.3. The topological polar surface area (TPSA) is 104 Å². The summed E-state index contributed by atoms with van der Waals surface area (Å²) in [5.41, 5.74) is 5.02. The summed E-state index contributed by atoms with van der Waals surface area (Å²) in [4.78, 5) is 21.4. The second kappa shape index (κ2) is 10.7. The van der Waals surface area contributed by atoms with Crippen molar-refractivity contribution in [3.05, 3.63) is 88.5 Å². The summed E-state index contributed by atoms with van der Waals surface area (Å²) in [7, 11) is 0. The van der Waals surface area contributed by atoms with Gasteiger partial charge >= 0.3 is 5.97 Å². The second-order valence-electron chi connectivity index (χ2n) is 11.2. The molecule has 2 fully saturated rings. The number of hydrogen-bond donors (Lipinski definition) is 1. The molecule has 0 bridgehead atoms. The number of nitriles is 1. The smallest absolute Gasteiger partial charge is 0.335 e. The van der Waals surface area contributed by atoms with Crippen molar-refractivity contribution in [3.63, 3.8) is 0 Å². The third-order valence-corrected chi connectivity index (χ3v) is 8.58. The van der Waals surface area contributed by atoms with Crippen LogP contribution in [-0.2, 0) is 30.9 Å². The summed E-state index contributed by atoms with van der Waals surface area (Å²) in [5, 5.41) is 18.5. The van der Waals surface area contributed by atoms with Gasteiger partial charge in [-0.2, -0.15) is 5.26 Å². The standard InChI is InChI=1S/C32H30FN5O4/c33-27-11-20(15-34)1-2-23(27)19-42-25-5-3-21-12-24-16-36(8-9-37(24)29(21)14-25)18-31-35-28-6-4-22(32(39)40)13-30(28)38(31)17-26-7-10-41-26/h1-6,11,13-14,24,26H,7-10,12,16-19H2,(H,39,40)/t24?,26-/m0/s1. The van der Waals surface area contributed by atoms with Gasteiger partial charge in [0.2, 0.25) is 0 Å². The van der Waals surface area contributed by atoms with E-state index < -0.39 is 11.8 Å². The number of piperazine rings is 1. The highest BCUT2D eigenvalue weighted by atomic mass is 19.1. The lowest BCUT2D eigenvalue weighted by atomic mass is 10.1. The minimum Gasteiger partial charge on any atom is -0.489 e. The molecule has 1 unspecified atom stereocenters. The number of carbonyl (C=O) groups is 1. The zero-order valence-electron chi connectivity index (χ0n) is 23.0. The highest BCUT2D eigenvalue weighted by molar-refractivity contribution is 5.92. The van der Waals surface area contributed by atoms with Crippen molar-refractivity contribution in [1.82, 2.24) is 14.5 Å². The lowest BCUT2D eigenvalue weighted by Gasteiger charge is -2.39. The lowest BCUT2D eigenvalue weighted by Crippen LogP contribution is -2.51. The summed E-state index contributed by atoms with van der Waals surface area (Å²) in [5.74, 6) is 0.228. The van der Waals surface area contributed by atoms with E-state index in [1.807, 2.05) is 18.2 Å². The van der Waals surface area contributed by atoms with Gasteiger partial charge in [-0.25, -0.2) is 14.2 Å². The number of benzene rings is 3. The number of halogens is 1. The molecule has 214 valence electrons. The molecule has 0 amide bonds. The van der Waals surface area contributed by atoms with Crippen molar-refractivity contribution in [3.8, 4) is 11.8 Å². The summed E-state index contributed by atoms with van der Waals surface area (Å²) in [6.45, 7) is 4.80. The van der Waals surface area contributed by atoms with Gasteiger partial charge in [0.15, 0.2) is 0 Å². The number of rotatable bonds is 8. The second-order valence-corrected chi connectivity index (χ2v) is 11.2. The van der Waals surface area contributed by atoms with Crippen LogP contribution in [0, 0.1) is 17.1 Å². The molecule has 2 atom stereocenters. The van der Waals surface area contributed by atoms with Gasteiger partial charge in [-0.3, -0.25) is 4.90 Å². The molecule has 4 aromatic rings. The molecule has 1 N–H and O–H groups in total. The molecule has 0 saturated carbocycles. The normalized spacial score (nSPS) is 19.7. The Hall–Kier alpha value is -4.46. The van der Waals surface area contributed by atoms with E-state index in [0.29, 0.717) is 30.4 Å². The molecule has 3 aliphatic heterocycles. The van der Waals surface area contributed by atoms with Crippen molar-refractivity contribution in [1.29, 1.82) is 5.26 Å². The Bertz CT molecular complexity index is 1730. The Morgan fingerprint density at radius 1 is 1.17 bits per heavy atom. The minimum atomic E-state index is -0.946. The molecule has 4 heterocycles. The monoisotopic (exact) mass is 567 g/mol. The molecule has 0 spiro atoms. The zero-order valence-corrected chi connectivity index (χ0v) is 23.0. The first-order valence-electron chi connectivity index (χ1n) is 14.2. The van der Waals surface area contributed by atoms with E-state index in [1.165, 1.54) is 11.6 Å². The van der Waals surface area contributed by atoms with Crippen molar-refractivity contribution in [2.24, 2.45) is 0 Å². The lowest BCUT2D eigenvalue weighted by molar-refractivity contribution is -0.0592. The fourth-order valence-corrected chi connectivity index (χ4v) is 6.24. The van der Waals surface area contributed by atoms with Crippen LogP contribution in [0.15, 0.2) is 54.6 Å². The van der Waals surface area contributed by atoms with Crippen LogP contribution < -0.4 is 9.64 Å². The number of carboxylic acids is 1.